The molecule has 2 nitrogen and oxygen atoms in total. The number of hydrogen-bond acceptors (Lipinski definition) is 2. The van der Waals surface area contributed by atoms with Crippen molar-refractivity contribution in [3.05, 3.63) is 29.3 Å². The van der Waals surface area contributed by atoms with Gasteiger partial charge in [-0.2, -0.15) is 0 Å². The minimum atomic E-state index is -0.273. The van der Waals surface area contributed by atoms with Crippen molar-refractivity contribution in [2.75, 3.05) is 6.61 Å². The maximum Gasteiger partial charge on any atom is 0.123 e. The molecular weight excluding hydrogens is 248 g/mol. The van der Waals surface area contributed by atoms with Crippen molar-refractivity contribution < 1.29 is 9.84 Å². The molecule has 3 unspecified atom stereocenters. The Labute approximate surface area is 121 Å². The second kappa shape index (κ2) is 4.24. The van der Waals surface area contributed by atoms with Gasteiger partial charge in [-0.15, -0.1) is 0 Å². The molecule has 2 saturated carbocycles. The third kappa shape index (κ3) is 1.81. The summed E-state index contributed by atoms with van der Waals surface area (Å²) in [5.74, 6) is 3.09. The molecule has 0 aromatic heterocycles. The highest BCUT2D eigenvalue weighted by atomic mass is 16.5. The molecule has 20 heavy (non-hydrogen) atoms. The molecule has 3 atom stereocenters. The molecule has 1 aliphatic heterocycles. The first-order valence-electron chi connectivity index (χ1n) is 8.03. The largest absolute Gasteiger partial charge is 0.492 e. The maximum atomic E-state index is 10.8. The number of benzene rings is 1. The Balaban J connectivity index is 1.60. The Bertz CT molecular complexity index is 522. The molecule has 3 aliphatic rings. The standard InChI is InChI=1S/C18H24O2/c1-18(2)10-20-15-8-7-11(9-14(15)18)17(19)16-12-5-3-4-6-13(12)16/h7-9,12-13,16-17,19H,3-6,10H2,1-2H3. The Kier molecular flexibility index (Phi) is 2.69. The van der Waals surface area contributed by atoms with Gasteiger partial charge in [0.25, 0.3) is 0 Å². The summed E-state index contributed by atoms with van der Waals surface area (Å²) in [6.07, 6.45) is 5.09. The van der Waals surface area contributed by atoms with E-state index in [1.54, 1.807) is 0 Å². The van der Waals surface area contributed by atoms with Gasteiger partial charge in [0.2, 0.25) is 0 Å². The number of hydrogen-bond donors (Lipinski definition) is 1. The molecule has 0 saturated heterocycles. The predicted octanol–water partition coefficient (Wildman–Crippen LogP) is 3.83. The average Bonchev–Trinajstić information content (AvgIpc) is 3.10. The molecule has 2 heteroatoms. The summed E-state index contributed by atoms with van der Waals surface area (Å²) in [5, 5.41) is 10.8. The van der Waals surface area contributed by atoms with Crippen molar-refractivity contribution in [3.63, 3.8) is 0 Å². The second-order valence-electron chi connectivity index (χ2n) is 7.56. The van der Waals surface area contributed by atoms with E-state index in [9.17, 15) is 5.11 Å². The van der Waals surface area contributed by atoms with Crippen molar-refractivity contribution in [2.45, 2.75) is 51.0 Å². The fraction of sp³-hybridized carbons (Fsp3) is 0.667. The smallest absolute Gasteiger partial charge is 0.123 e. The molecule has 2 aliphatic carbocycles. The normalized spacial score (nSPS) is 34.9. The summed E-state index contributed by atoms with van der Waals surface area (Å²) >= 11 is 0. The van der Waals surface area contributed by atoms with Gasteiger partial charge < -0.3 is 9.84 Å². The van der Waals surface area contributed by atoms with Gasteiger partial charge >= 0.3 is 0 Å². The molecule has 0 bridgehead atoms. The second-order valence-corrected chi connectivity index (χ2v) is 7.56. The zero-order valence-electron chi connectivity index (χ0n) is 12.4. The summed E-state index contributed by atoms with van der Waals surface area (Å²) in [6, 6.07) is 6.31. The number of rotatable bonds is 2. The fourth-order valence-electron chi connectivity index (χ4n) is 4.46. The monoisotopic (exact) mass is 272 g/mol. The quantitative estimate of drug-likeness (QED) is 0.886. The van der Waals surface area contributed by atoms with E-state index in [0.29, 0.717) is 5.92 Å². The van der Waals surface area contributed by atoms with Crippen molar-refractivity contribution in [2.24, 2.45) is 17.8 Å². The first-order valence-corrected chi connectivity index (χ1v) is 8.03. The van der Waals surface area contributed by atoms with E-state index >= 15 is 0 Å². The van der Waals surface area contributed by atoms with E-state index in [0.717, 1.165) is 29.8 Å². The van der Waals surface area contributed by atoms with Gasteiger partial charge in [-0.1, -0.05) is 32.8 Å². The molecule has 0 spiro atoms. The summed E-state index contributed by atoms with van der Waals surface area (Å²) in [4.78, 5) is 0. The topological polar surface area (TPSA) is 29.5 Å². The molecule has 1 N–H and O–H groups in total. The van der Waals surface area contributed by atoms with Crippen LogP contribution in [0.5, 0.6) is 5.75 Å². The van der Waals surface area contributed by atoms with Crippen LogP contribution in [-0.4, -0.2) is 11.7 Å². The van der Waals surface area contributed by atoms with Crippen molar-refractivity contribution in [1.82, 2.24) is 0 Å². The van der Waals surface area contributed by atoms with Crippen LogP contribution in [-0.2, 0) is 5.41 Å². The minimum Gasteiger partial charge on any atom is -0.492 e. The first kappa shape index (κ1) is 12.7. The minimum absolute atomic E-state index is 0.0708. The van der Waals surface area contributed by atoms with Crippen LogP contribution in [0.1, 0.15) is 56.8 Å². The van der Waals surface area contributed by atoms with Crippen LogP contribution in [0, 0.1) is 17.8 Å². The van der Waals surface area contributed by atoms with Gasteiger partial charge in [0, 0.05) is 11.0 Å². The van der Waals surface area contributed by atoms with Gasteiger partial charge in [0.05, 0.1) is 12.7 Å². The summed E-state index contributed by atoms with van der Waals surface area (Å²) in [5.41, 5.74) is 2.43. The van der Waals surface area contributed by atoms with Gasteiger partial charge in [0.1, 0.15) is 5.75 Å². The third-order valence-corrected chi connectivity index (χ3v) is 5.75. The lowest BCUT2D eigenvalue weighted by Gasteiger charge is -2.18. The molecule has 1 heterocycles. The van der Waals surface area contributed by atoms with Crippen LogP contribution in [0.3, 0.4) is 0 Å². The molecule has 1 aromatic rings. The van der Waals surface area contributed by atoms with Gasteiger partial charge in [-0.25, -0.2) is 0 Å². The fourth-order valence-corrected chi connectivity index (χ4v) is 4.46. The third-order valence-electron chi connectivity index (χ3n) is 5.75. The molecular formula is C18H24O2. The van der Waals surface area contributed by atoms with Gasteiger partial charge in [0.15, 0.2) is 0 Å². The van der Waals surface area contributed by atoms with Crippen LogP contribution in [0.25, 0.3) is 0 Å². The number of aliphatic hydroxyl groups is 1. The van der Waals surface area contributed by atoms with E-state index in [-0.39, 0.29) is 11.5 Å². The lowest BCUT2D eigenvalue weighted by Crippen LogP contribution is -2.18. The molecule has 1 aromatic carbocycles. The van der Waals surface area contributed by atoms with E-state index in [1.165, 1.54) is 31.2 Å². The van der Waals surface area contributed by atoms with Gasteiger partial charge in [-0.05, 0) is 48.3 Å². The molecule has 0 radical (unpaired) electrons. The van der Waals surface area contributed by atoms with Crippen molar-refractivity contribution in [3.8, 4) is 5.75 Å². The maximum absolute atomic E-state index is 10.8. The zero-order chi connectivity index (χ0) is 13.9. The SMILES string of the molecule is CC1(C)COc2ccc(C(O)C3C4CCCCC43)cc21. The van der Waals surface area contributed by atoms with E-state index in [2.05, 4.69) is 32.0 Å². The number of aliphatic hydroxyl groups excluding tert-OH is 1. The Morgan fingerprint density at radius 2 is 1.90 bits per heavy atom. The first-order chi connectivity index (χ1) is 9.58. The Morgan fingerprint density at radius 3 is 2.60 bits per heavy atom. The average molecular weight is 272 g/mol. The van der Waals surface area contributed by atoms with Crippen LogP contribution < -0.4 is 4.74 Å². The molecule has 0 amide bonds. The van der Waals surface area contributed by atoms with Crippen LogP contribution in [0.2, 0.25) is 0 Å². The zero-order valence-corrected chi connectivity index (χ0v) is 12.4. The molecule has 4 rings (SSSR count). The number of fused-ring (bicyclic) bond motifs is 2. The lowest BCUT2D eigenvalue weighted by molar-refractivity contribution is 0.142. The predicted molar refractivity (Wildman–Crippen MR) is 78.9 cm³/mol. The highest BCUT2D eigenvalue weighted by molar-refractivity contribution is 5.46. The summed E-state index contributed by atoms with van der Waals surface area (Å²) < 4.78 is 5.74. The van der Waals surface area contributed by atoms with E-state index in [4.69, 9.17) is 4.74 Å². The highest BCUT2D eigenvalue weighted by Crippen LogP contribution is 2.60. The van der Waals surface area contributed by atoms with Crippen LogP contribution in [0.4, 0.5) is 0 Å². The molecule has 108 valence electrons. The Hall–Kier alpha value is -1.02. The van der Waals surface area contributed by atoms with E-state index in [1.807, 2.05) is 0 Å². The van der Waals surface area contributed by atoms with Crippen molar-refractivity contribution >= 4 is 0 Å². The van der Waals surface area contributed by atoms with Crippen LogP contribution >= 0.6 is 0 Å². The van der Waals surface area contributed by atoms with Crippen LogP contribution in [0.15, 0.2) is 18.2 Å². The van der Waals surface area contributed by atoms with Gasteiger partial charge in [-0.3, -0.25) is 0 Å². The summed E-state index contributed by atoms with van der Waals surface area (Å²) in [6.45, 7) is 5.17. The summed E-state index contributed by atoms with van der Waals surface area (Å²) in [7, 11) is 0. The molecule has 2 fully saturated rings. The lowest BCUT2D eigenvalue weighted by atomic mass is 9.85. The van der Waals surface area contributed by atoms with E-state index < -0.39 is 0 Å². The Morgan fingerprint density at radius 1 is 1.20 bits per heavy atom. The highest BCUT2D eigenvalue weighted by Gasteiger charge is 2.54. The van der Waals surface area contributed by atoms with Crippen molar-refractivity contribution in [1.29, 1.82) is 0 Å². The number of ether oxygens (including phenoxy) is 1.